The molecule has 25 heavy (non-hydrogen) atoms. The molecule has 0 aliphatic heterocycles. The van der Waals surface area contributed by atoms with Crippen molar-refractivity contribution in [1.29, 1.82) is 5.41 Å². The molecule has 0 aliphatic rings. The topological polar surface area (TPSA) is 145 Å². The first-order valence-electron chi connectivity index (χ1n) is 7.23. The molecule has 0 fully saturated rings. The minimum atomic E-state index is -0.923. The molecule has 1 aromatic rings. The summed E-state index contributed by atoms with van der Waals surface area (Å²) in [5, 5.41) is 18.2. The van der Waals surface area contributed by atoms with Gasteiger partial charge in [0.2, 0.25) is 12.3 Å². The number of rotatable bonds is 10. The fraction of sp³-hybridized carbons (Fsp3) is 0.267. The van der Waals surface area contributed by atoms with Crippen molar-refractivity contribution >= 4 is 35.8 Å². The van der Waals surface area contributed by atoms with Crippen LogP contribution in [0.4, 0.5) is 5.69 Å². The number of nitrogens with one attached hydrogen (secondary N) is 5. The van der Waals surface area contributed by atoms with E-state index in [2.05, 4.69) is 26.5 Å². The van der Waals surface area contributed by atoms with E-state index in [1.165, 1.54) is 7.05 Å². The van der Waals surface area contributed by atoms with Crippen molar-refractivity contribution in [3.8, 4) is 5.75 Å². The summed E-state index contributed by atoms with van der Waals surface area (Å²) in [6, 6.07) is 5.88. The van der Waals surface area contributed by atoms with Crippen LogP contribution in [0.1, 0.15) is 0 Å². The predicted octanol–water partition coefficient (Wildman–Crippen LogP) is -0.911. The van der Waals surface area contributed by atoms with Crippen molar-refractivity contribution in [3.05, 3.63) is 24.3 Å². The Labute approximate surface area is 144 Å². The van der Waals surface area contributed by atoms with E-state index >= 15 is 0 Å². The van der Waals surface area contributed by atoms with E-state index in [9.17, 15) is 14.4 Å². The zero-order chi connectivity index (χ0) is 18.7. The number of hydrogen-bond donors (Lipinski definition) is 5. The Morgan fingerprint density at radius 3 is 2.52 bits per heavy atom. The third-order valence-corrected chi connectivity index (χ3v) is 3.06. The number of anilines is 1. The molecule has 1 rings (SSSR count). The average molecular weight is 348 g/mol. The highest BCUT2D eigenvalue weighted by Crippen LogP contribution is 2.14. The lowest BCUT2D eigenvalue weighted by atomic mass is 10.2. The van der Waals surface area contributed by atoms with Crippen LogP contribution < -0.4 is 26.1 Å². The van der Waals surface area contributed by atoms with E-state index < -0.39 is 17.9 Å². The molecule has 10 heteroatoms. The van der Waals surface area contributed by atoms with Crippen molar-refractivity contribution in [2.24, 2.45) is 5.10 Å². The van der Waals surface area contributed by atoms with Crippen LogP contribution in [-0.4, -0.2) is 56.9 Å². The second-order valence-electron chi connectivity index (χ2n) is 4.64. The molecule has 0 saturated heterocycles. The van der Waals surface area contributed by atoms with Gasteiger partial charge in [-0.1, -0.05) is 0 Å². The molecule has 0 radical (unpaired) electrons. The molecule has 1 atom stereocenters. The molecule has 0 spiro atoms. The molecule has 5 N–H and O–H groups in total. The number of ether oxygens (including phenoxy) is 1. The lowest BCUT2D eigenvalue weighted by Crippen LogP contribution is -2.50. The molecular weight excluding hydrogens is 328 g/mol. The van der Waals surface area contributed by atoms with Crippen LogP contribution in [0.3, 0.4) is 0 Å². The highest BCUT2D eigenvalue weighted by Gasteiger charge is 2.18. The van der Waals surface area contributed by atoms with Gasteiger partial charge >= 0.3 is 0 Å². The maximum absolute atomic E-state index is 12.0. The number of benzene rings is 1. The van der Waals surface area contributed by atoms with Gasteiger partial charge < -0.3 is 26.1 Å². The first kappa shape index (κ1) is 19.6. The van der Waals surface area contributed by atoms with Gasteiger partial charge in [-0.3, -0.25) is 19.8 Å². The Kier molecular flexibility index (Phi) is 8.13. The number of hydrazone groups is 1. The molecule has 0 aromatic heterocycles. The van der Waals surface area contributed by atoms with E-state index in [0.717, 1.165) is 6.21 Å². The second-order valence-corrected chi connectivity index (χ2v) is 4.64. The minimum absolute atomic E-state index is 0.146. The normalized spacial score (nSPS) is 11.7. The van der Waals surface area contributed by atoms with Crippen molar-refractivity contribution in [2.45, 2.75) is 6.04 Å². The maximum Gasteiger partial charge on any atom is 0.273 e. The Morgan fingerprint density at radius 1 is 1.32 bits per heavy atom. The van der Waals surface area contributed by atoms with Gasteiger partial charge in [0.1, 0.15) is 11.8 Å². The fourth-order valence-corrected chi connectivity index (χ4v) is 1.71. The zero-order valence-electron chi connectivity index (χ0n) is 13.8. The van der Waals surface area contributed by atoms with E-state index in [4.69, 9.17) is 10.1 Å². The molecular formula is C15H20N6O4. The standard InChI is InChI=1S/C15H20N6O4/c1-17-14(23)13(19-9-22)8-18-15(24)12(7-16)21-20-10-3-5-11(25-2)6-4-10/h3-7,9,13,16,20H,8H2,1-2H3,(H,17,23)(H,18,24)(H,19,22)/b16-7?,21-12+/t13-/m1/s1. The molecule has 134 valence electrons. The number of carbonyl (C=O) groups excluding carboxylic acids is 3. The van der Waals surface area contributed by atoms with Crippen LogP contribution in [0.5, 0.6) is 5.75 Å². The Hall–Kier alpha value is -3.43. The van der Waals surface area contributed by atoms with Crippen LogP contribution >= 0.6 is 0 Å². The van der Waals surface area contributed by atoms with Crippen LogP contribution in [0, 0.1) is 5.41 Å². The van der Waals surface area contributed by atoms with E-state index in [-0.39, 0.29) is 12.3 Å². The van der Waals surface area contributed by atoms with Crippen LogP contribution in [0.2, 0.25) is 0 Å². The molecule has 0 aliphatic carbocycles. The summed E-state index contributed by atoms with van der Waals surface area (Å²) in [6.45, 7) is -0.146. The van der Waals surface area contributed by atoms with Crippen molar-refractivity contribution < 1.29 is 19.1 Å². The summed E-state index contributed by atoms with van der Waals surface area (Å²) in [5.74, 6) is -0.461. The Bertz CT molecular complexity index is 644. The smallest absolute Gasteiger partial charge is 0.273 e. The first-order valence-corrected chi connectivity index (χ1v) is 7.23. The third-order valence-electron chi connectivity index (χ3n) is 3.06. The highest BCUT2D eigenvalue weighted by molar-refractivity contribution is 6.60. The fourth-order valence-electron chi connectivity index (χ4n) is 1.71. The molecule has 10 nitrogen and oxygen atoms in total. The second kappa shape index (κ2) is 10.4. The maximum atomic E-state index is 12.0. The lowest BCUT2D eigenvalue weighted by molar-refractivity contribution is -0.125. The van der Waals surface area contributed by atoms with E-state index in [1.807, 2.05) is 0 Å². The summed E-state index contributed by atoms with van der Waals surface area (Å²) >= 11 is 0. The van der Waals surface area contributed by atoms with E-state index in [1.54, 1.807) is 31.4 Å². The molecule has 0 heterocycles. The molecule has 0 bridgehead atoms. The van der Waals surface area contributed by atoms with Gasteiger partial charge in [-0.25, -0.2) is 0 Å². The van der Waals surface area contributed by atoms with Crippen molar-refractivity contribution in [3.63, 3.8) is 0 Å². The van der Waals surface area contributed by atoms with Gasteiger partial charge in [-0.15, -0.1) is 0 Å². The van der Waals surface area contributed by atoms with Crippen LogP contribution in [0.25, 0.3) is 0 Å². The van der Waals surface area contributed by atoms with E-state index in [0.29, 0.717) is 17.8 Å². The Morgan fingerprint density at radius 2 is 2.00 bits per heavy atom. The number of nitrogens with zero attached hydrogens (tertiary/aromatic N) is 1. The van der Waals surface area contributed by atoms with Gasteiger partial charge in [0.05, 0.1) is 19.0 Å². The summed E-state index contributed by atoms with van der Waals surface area (Å²) in [4.78, 5) is 34.0. The van der Waals surface area contributed by atoms with Crippen molar-refractivity contribution in [1.82, 2.24) is 16.0 Å². The monoisotopic (exact) mass is 348 g/mol. The highest BCUT2D eigenvalue weighted by atomic mass is 16.5. The van der Waals surface area contributed by atoms with Crippen molar-refractivity contribution in [2.75, 3.05) is 26.1 Å². The zero-order valence-corrected chi connectivity index (χ0v) is 13.8. The molecule has 0 unspecified atom stereocenters. The van der Waals surface area contributed by atoms with Gasteiger partial charge in [0, 0.05) is 13.6 Å². The third kappa shape index (κ3) is 6.29. The van der Waals surface area contributed by atoms with Crippen LogP contribution in [-0.2, 0) is 14.4 Å². The number of likely N-dealkylation sites (N-methyl/N-ethyl adjacent to an activating group) is 1. The minimum Gasteiger partial charge on any atom is -0.497 e. The van der Waals surface area contributed by atoms with Gasteiger partial charge in [0.15, 0.2) is 5.71 Å². The number of amides is 3. The van der Waals surface area contributed by atoms with Gasteiger partial charge in [-0.05, 0) is 24.3 Å². The quantitative estimate of drug-likeness (QED) is 0.211. The summed E-state index contributed by atoms with van der Waals surface area (Å²) in [6.07, 6.45) is 1.14. The Balaban J connectivity index is 2.67. The largest absolute Gasteiger partial charge is 0.497 e. The number of methoxy groups -OCH3 is 1. The first-order chi connectivity index (χ1) is 12.0. The predicted molar refractivity (Wildman–Crippen MR) is 92.9 cm³/mol. The summed E-state index contributed by atoms with van der Waals surface area (Å²) in [5.41, 5.74) is 3.04. The van der Waals surface area contributed by atoms with Gasteiger partial charge in [-0.2, -0.15) is 5.10 Å². The SMILES string of the molecule is CNC(=O)[C@@H](CNC(=O)/C(C=N)=N/Nc1ccc(OC)cc1)NC=O. The summed E-state index contributed by atoms with van der Waals surface area (Å²) in [7, 11) is 2.95. The number of hydrogen-bond acceptors (Lipinski definition) is 7. The molecule has 1 aromatic carbocycles. The van der Waals surface area contributed by atoms with Crippen LogP contribution in [0.15, 0.2) is 29.4 Å². The number of carbonyl (C=O) groups is 3. The molecule has 0 saturated carbocycles. The average Bonchev–Trinajstić information content (AvgIpc) is 2.65. The molecule has 3 amide bonds. The van der Waals surface area contributed by atoms with Gasteiger partial charge in [0.25, 0.3) is 5.91 Å². The lowest BCUT2D eigenvalue weighted by Gasteiger charge is -2.15. The summed E-state index contributed by atoms with van der Waals surface area (Å²) < 4.78 is 5.03.